The van der Waals surface area contributed by atoms with Crippen LogP contribution >= 0.6 is 0 Å². The lowest BCUT2D eigenvalue weighted by atomic mass is 9.82. The van der Waals surface area contributed by atoms with E-state index < -0.39 is 0 Å². The zero-order valence-corrected chi connectivity index (χ0v) is 15.0. The zero-order chi connectivity index (χ0) is 17.4. The van der Waals surface area contributed by atoms with Crippen LogP contribution in [0.15, 0.2) is 24.3 Å². The maximum Gasteiger partial charge on any atom is 0.269 e. The average Bonchev–Trinajstić information content (AvgIpc) is 2.68. The highest BCUT2D eigenvalue weighted by molar-refractivity contribution is 5.51. The van der Waals surface area contributed by atoms with Crippen molar-refractivity contribution in [3.63, 3.8) is 0 Å². The highest BCUT2D eigenvalue weighted by Gasteiger charge is 2.38. The van der Waals surface area contributed by atoms with E-state index in [-0.39, 0.29) is 10.6 Å². The topological polar surface area (TPSA) is 52.9 Å². The van der Waals surface area contributed by atoms with Crippen LogP contribution in [0.5, 0.6) is 0 Å². The highest BCUT2D eigenvalue weighted by atomic mass is 16.6. The Balaban J connectivity index is 1.34. The molecule has 5 rings (SSSR count). The normalized spacial score (nSPS) is 30.0. The molecule has 2 bridgehead atoms. The monoisotopic (exact) mass is 344 g/mol. The van der Waals surface area contributed by atoms with Gasteiger partial charge in [0.15, 0.2) is 0 Å². The van der Waals surface area contributed by atoms with Crippen LogP contribution in [0.3, 0.4) is 0 Å². The maximum atomic E-state index is 10.8. The molecular formula is C19H28N4O2. The molecule has 4 aliphatic rings. The summed E-state index contributed by atoms with van der Waals surface area (Å²) in [5.74, 6) is 0.891. The van der Waals surface area contributed by atoms with E-state index in [4.69, 9.17) is 0 Å². The van der Waals surface area contributed by atoms with E-state index in [1.54, 1.807) is 12.1 Å². The first-order valence-electron chi connectivity index (χ1n) is 9.55. The fourth-order valence-electron chi connectivity index (χ4n) is 4.98. The minimum atomic E-state index is -0.334. The Morgan fingerprint density at radius 1 is 1.04 bits per heavy atom. The van der Waals surface area contributed by atoms with E-state index in [1.807, 2.05) is 12.1 Å². The third kappa shape index (κ3) is 3.37. The number of hydrogen-bond acceptors (Lipinski definition) is 5. The summed E-state index contributed by atoms with van der Waals surface area (Å²) < 4.78 is 0. The molecule has 4 fully saturated rings. The van der Waals surface area contributed by atoms with Crippen molar-refractivity contribution in [3.05, 3.63) is 34.4 Å². The predicted octanol–water partition coefficient (Wildman–Crippen LogP) is 2.59. The molecule has 1 aromatic carbocycles. The number of piperidine rings is 4. The van der Waals surface area contributed by atoms with Gasteiger partial charge in [-0.2, -0.15) is 0 Å². The van der Waals surface area contributed by atoms with Crippen molar-refractivity contribution in [3.8, 4) is 0 Å². The van der Waals surface area contributed by atoms with Gasteiger partial charge in [-0.25, -0.2) is 0 Å². The fourth-order valence-corrected chi connectivity index (χ4v) is 4.98. The summed E-state index contributed by atoms with van der Waals surface area (Å²) >= 11 is 0. The molecule has 0 aromatic heterocycles. The van der Waals surface area contributed by atoms with Gasteiger partial charge >= 0.3 is 0 Å². The van der Waals surface area contributed by atoms with Crippen LogP contribution in [0.25, 0.3) is 0 Å². The van der Waals surface area contributed by atoms with Gasteiger partial charge in [0, 0.05) is 49.5 Å². The summed E-state index contributed by atoms with van der Waals surface area (Å²) in [7, 11) is 2.33. The number of likely N-dealkylation sites (N-methyl/N-ethyl adjacent to an activating group) is 1. The Morgan fingerprint density at radius 2 is 1.68 bits per heavy atom. The smallest absolute Gasteiger partial charge is 0.269 e. The van der Waals surface area contributed by atoms with Crippen LogP contribution in [-0.2, 0) is 0 Å². The predicted molar refractivity (Wildman–Crippen MR) is 99.0 cm³/mol. The summed E-state index contributed by atoms with van der Waals surface area (Å²) in [5.41, 5.74) is 1.27. The van der Waals surface area contributed by atoms with E-state index >= 15 is 0 Å². The van der Waals surface area contributed by atoms with Gasteiger partial charge in [0.1, 0.15) is 0 Å². The minimum absolute atomic E-state index is 0.167. The Kier molecular flexibility index (Phi) is 4.65. The Bertz CT molecular complexity index is 604. The molecule has 4 aliphatic heterocycles. The number of nitro groups is 1. The second kappa shape index (κ2) is 6.92. The summed E-state index contributed by atoms with van der Waals surface area (Å²) in [5, 5.41) is 10.8. The van der Waals surface area contributed by atoms with Crippen molar-refractivity contribution in [2.45, 2.75) is 37.8 Å². The van der Waals surface area contributed by atoms with Gasteiger partial charge in [-0.1, -0.05) is 0 Å². The Morgan fingerprint density at radius 3 is 2.20 bits per heavy atom. The number of benzene rings is 1. The van der Waals surface area contributed by atoms with Crippen LogP contribution < -0.4 is 4.90 Å². The number of nitro benzene ring substituents is 1. The number of fused-ring (bicyclic) bond motifs is 3. The molecule has 0 amide bonds. The lowest BCUT2D eigenvalue weighted by molar-refractivity contribution is -0.384. The Hall–Kier alpha value is -1.66. The highest BCUT2D eigenvalue weighted by Crippen LogP contribution is 2.33. The number of nitrogens with zero attached hydrogens (tertiary/aromatic N) is 4. The van der Waals surface area contributed by atoms with E-state index in [0.717, 1.165) is 30.7 Å². The van der Waals surface area contributed by atoms with Gasteiger partial charge in [0.05, 0.1) is 4.92 Å². The summed E-state index contributed by atoms with van der Waals surface area (Å²) in [4.78, 5) is 18.1. The van der Waals surface area contributed by atoms with Crippen molar-refractivity contribution >= 4 is 11.4 Å². The molecule has 1 atom stereocenters. The van der Waals surface area contributed by atoms with E-state index in [1.165, 1.54) is 45.3 Å². The van der Waals surface area contributed by atoms with Gasteiger partial charge in [-0.05, 0) is 63.9 Å². The van der Waals surface area contributed by atoms with Crippen LogP contribution in [0.2, 0.25) is 0 Å². The molecule has 25 heavy (non-hydrogen) atoms. The van der Waals surface area contributed by atoms with Crippen molar-refractivity contribution in [2.24, 2.45) is 5.92 Å². The minimum Gasteiger partial charge on any atom is -0.371 e. The third-order valence-electron chi connectivity index (χ3n) is 6.61. The quantitative estimate of drug-likeness (QED) is 0.621. The van der Waals surface area contributed by atoms with Gasteiger partial charge in [0.2, 0.25) is 0 Å². The molecule has 4 heterocycles. The molecule has 0 spiro atoms. The largest absolute Gasteiger partial charge is 0.371 e. The third-order valence-corrected chi connectivity index (χ3v) is 6.61. The Labute approximate surface area is 149 Å². The van der Waals surface area contributed by atoms with Crippen molar-refractivity contribution in [1.29, 1.82) is 0 Å². The van der Waals surface area contributed by atoms with Gasteiger partial charge in [-0.3, -0.25) is 15.0 Å². The molecule has 136 valence electrons. The lowest BCUT2D eigenvalue weighted by Gasteiger charge is -2.51. The fraction of sp³-hybridized carbons (Fsp3) is 0.684. The second-order valence-electron chi connectivity index (χ2n) is 7.86. The number of non-ortho nitro benzene ring substituents is 1. The van der Waals surface area contributed by atoms with Crippen LogP contribution in [-0.4, -0.2) is 66.6 Å². The van der Waals surface area contributed by atoms with Crippen molar-refractivity contribution < 1.29 is 4.92 Å². The lowest BCUT2D eigenvalue weighted by Crippen LogP contribution is -2.59. The molecule has 1 unspecified atom stereocenters. The van der Waals surface area contributed by atoms with Crippen LogP contribution in [0, 0.1) is 16.0 Å². The number of rotatable bonds is 4. The molecule has 0 saturated carbocycles. The summed E-state index contributed by atoms with van der Waals surface area (Å²) in [6, 6.07) is 8.39. The first-order chi connectivity index (χ1) is 12.1. The number of anilines is 1. The molecule has 1 aromatic rings. The van der Waals surface area contributed by atoms with Crippen LogP contribution in [0.4, 0.5) is 11.4 Å². The molecule has 6 nitrogen and oxygen atoms in total. The molecule has 6 heteroatoms. The SMILES string of the molecule is CN(C1CCN(c2ccc([N+](=O)[O-])cc2)CC1)C1CN2CCC1CC2. The molecule has 4 saturated heterocycles. The van der Waals surface area contributed by atoms with E-state index in [2.05, 4.69) is 21.7 Å². The standard InChI is InChI=1S/C19H28N4O2/c1-20(19-14-21-10-6-15(19)7-11-21)16-8-12-22(13-9-16)17-2-4-18(5-3-17)23(24)25/h2-5,15-16,19H,6-14H2,1H3. The summed E-state index contributed by atoms with van der Waals surface area (Å²) in [6.07, 6.45) is 5.10. The van der Waals surface area contributed by atoms with Gasteiger partial charge < -0.3 is 9.80 Å². The summed E-state index contributed by atoms with van der Waals surface area (Å²) in [6.45, 7) is 5.92. The molecule has 0 N–H and O–H groups in total. The van der Waals surface area contributed by atoms with Gasteiger partial charge in [0.25, 0.3) is 5.69 Å². The molecule has 0 aliphatic carbocycles. The average molecular weight is 344 g/mol. The second-order valence-corrected chi connectivity index (χ2v) is 7.86. The van der Waals surface area contributed by atoms with Crippen LogP contribution in [0.1, 0.15) is 25.7 Å². The molecule has 0 radical (unpaired) electrons. The zero-order valence-electron chi connectivity index (χ0n) is 15.0. The van der Waals surface area contributed by atoms with Gasteiger partial charge in [-0.15, -0.1) is 0 Å². The van der Waals surface area contributed by atoms with E-state index in [9.17, 15) is 10.1 Å². The van der Waals surface area contributed by atoms with E-state index in [0.29, 0.717) is 6.04 Å². The van der Waals surface area contributed by atoms with Crippen molar-refractivity contribution in [2.75, 3.05) is 44.7 Å². The first kappa shape index (κ1) is 16.8. The van der Waals surface area contributed by atoms with Crippen molar-refractivity contribution in [1.82, 2.24) is 9.80 Å². The number of hydrogen-bond donors (Lipinski definition) is 0. The molecular weight excluding hydrogens is 316 g/mol. The first-order valence-corrected chi connectivity index (χ1v) is 9.55. The maximum absolute atomic E-state index is 10.8.